The zero-order valence-electron chi connectivity index (χ0n) is 14.5. The first-order valence-corrected chi connectivity index (χ1v) is 8.20. The number of pyridine rings is 1. The molecule has 0 bridgehead atoms. The van der Waals surface area contributed by atoms with Gasteiger partial charge in [-0.05, 0) is 42.5 Å². The van der Waals surface area contributed by atoms with Gasteiger partial charge in [0.15, 0.2) is 18.2 Å². The number of nitrogens with zero attached hydrogens (tertiary/aromatic N) is 1. The van der Waals surface area contributed by atoms with Crippen molar-refractivity contribution in [2.45, 2.75) is 0 Å². The van der Waals surface area contributed by atoms with Gasteiger partial charge in [-0.25, -0.2) is 8.78 Å². The number of benzene rings is 2. The third-order valence-electron chi connectivity index (χ3n) is 3.60. The summed E-state index contributed by atoms with van der Waals surface area (Å²) in [7, 11) is 0. The molecule has 0 fully saturated rings. The van der Waals surface area contributed by atoms with Crippen molar-refractivity contribution in [1.29, 1.82) is 0 Å². The van der Waals surface area contributed by atoms with Crippen molar-refractivity contribution in [3.63, 3.8) is 0 Å². The standard InChI is InChI=1S/C20H15F2N3O3/c21-14-4-5-18(17(22)10-14)28-12-19(26)24-15-2-1-3-16(11-15)25-20(27)13-6-8-23-9-7-13/h1-11H,12H2,(H,24,26)(H,25,27). The monoisotopic (exact) mass is 383 g/mol. The van der Waals surface area contributed by atoms with Crippen molar-refractivity contribution in [2.75, 3.05) is 17.2 Å². The average Bonchev–Trinajstić information content (AvgIpc) is 2.68. The molecule has 3 aromatic rings. The molecule has 0 aliphatic heterocycles. The second-order valence-corrected chi connectivity index (χ2v) is 5.68. The molecule has 0 saturated carbocycles. The fourth-order valence-corrected chi connectivity index (χ4v) is 2.31. The predicted octanol–water partition coefficient (Wildman–Crippen LogP) is 3.63. The van der Waals surface area contributed by atoms with E-state index in [1.165, 1.54) is 12.4 Å². The highest BCUT2D eigenvalue weighted by atomic mass is 19.1. The number of amides is 2. The second kappa shape index (κ2) is 8.72. The van der Waals surface area contributed by atoms with E-state index in [0.717, 1.165) is 12.1 Å². The Morgan fingerprint density at radius 2 is 1.64 bits per heavy atom. The Morgan fingerprint density at radius 1 is 0.929 bits per heavy atom. The topological polar surface area (TPSA) is 80.3 Å². The molecule has 6 nitrogen and oxygen atoms in total. The number of hydrogen-bond donors (Lipinski definition) is 2. The van der Waals surface area contributed by atoms with Gasteiger partial charge in [-0.15, -0.1) is 0 Å². The van der Waals surface area contributed by atoms with E-state index >= 15 is 0 Å². The van der Waals surface area contributed by atoms with E-state index in [1.54, 1.807) is 36.4 Å². The van der Waals surface area contributed by atoms with Crippen LogP contribution in [0.2, 0.25) is 0 Å². The molecule has 0 saturated heterocycles. The molecule has 2 amide bonds. The summed E-state index contributed by atoms with van der Waals surface area (Å²) in [5.74, 6) is -2.72. The van der Waals surface area contributed by atoms with Gasteiger partial charge in [-0.2, -0.15) is 0 Å². The maximum Gasteiger partial charge on any atom is 0.262 e. The lowest BCUT2D eigenvalue weighted by atomic mass is 10.2. The summed E-state index contributed by atoms with van der Waals surface area (Å²) in [4.78, 5) is 28.0. The first kappa shape index (κ1) is 19.0. The van der Waals surface area contributed by atoms with Gasteiger partial charge < -0.3 is 15.4 Å². The fraction of sp³-hybridized carbons (Fsp3) is 0.0500. The summed E-state index contributed by atoms with van der Waals surface area (Å²) < 4.78 is 31.4. The summed E-state index contributed by atoms with van der Waals surface area (Å²) in [6.45, 7) is -0.462. The molecular formula is C20H15F2N3O3. The van der Waals surface area contributed by atoms with E-state index in [4.69, 9.17) is 4.74 Å². The Kier molecular flexibility index (Phi) is 5.91. The summed E-state index contributed by atoms with van der Waals surface area (Å²) >= 11 is 0. The van der Waals surface area contributed by atoms with Crippen molar-refractivity contribution >= 4 is 23.2 Å². The summed E-state index contributed by atoms with van der Waals surface area (Å²) in [6.07, 6.45) is 3.02. The highest BCUT2D eigenvalue weighted by molar-refractivity contribution is 6.04. The van der Waals surface area contributed by atoms with Crippen LogP contribution in [0.15, 0.2) is 67.0 Å². The maximum atomic E-state index is 13.5. The van der Waals surface area contributed by atoms with Gasteiger partial charge in [0.25, 0.3) is 11.8 Å². The zero-order valence-corrected chi connectivity index (χ0v) is 14.5. The maximum absolute atomic E-state index is 13.5. The minimum absolute atomic E-state index is 0.227. The van der Waals surface area contributed by atoms with Crippen LogP contribution in [-0.4, -0.2) is 23.4 Å². The Bertz CT molecular complexity index is 997. The van der Waals surface area contributed by atoms with Crippen LogP contribution in [-0.2, 0) is 4.79 Å². The molecular weight excluding hydrogens is 368 g/mol. The highest BCUT2D eigenvalue weighted by Gasteiger charge is 2.10. The molecule has 0 aliphatic carbocycles. The van der Waals surface area contributed by atoms with Gasteiger partial charge in [-0.3, -0.25) is 14.6 Å². The number of anilines is 2. The predicted molar refractivity (Wildman–Crippen MR) is 99.1 cm³/mol. The van der Waals surface area contributed by atoms with Gasteiger partial charge in [0.2, 0.25) is 0 Å². The van der Waals surface area contributed by atoms with Crippen molar-refractivity contribution < 1.29 is 23.1 Å². The van der Waals surface area contributed by atoms with Gasteiger partial charge in [0.05, 0.1) is 0 Å². The summed E-state index contributed by atoms with van der Waals surface area (Å²) in [5, 5.41) is 5.28. The molecule has 2 N–H and O–H groups in total. The van der Waals surface area contributed by atoms with Gasteiger partial charge in [0.1, 0.15) is 5.82 Å². The van der Waals surface area contributed by atoms with Crippen LogP contribution in [0.3, 0.4) is 0 Å². The van der Waals surface area contributed by atoms with Crippen molar-refractivity contribution in [3.05, 3.63) is 84.2 Å². The Balaban J connectivity index is 1.57. The molecule has 142 valence electrons. The fourth-order valence-electron chi connectivity index (χ4n) is 2.31. The molecule has 0 spiro atoms. The molecule has 0 atom stereocenters. The second-order valence-electron chi connectivity index (χ2n) is 5.68. The molecule has 28 heavy (non-hydrogen) atoms. The van der Waals surface area contributed by atoms with Crippen LogP contribution in [0.5, 0.6) is 5.75 Å². The molecule has 1 heterocycles. The lowest BCUT2D eigenvalue weighted by Crippen LogP contribution is -2.20. The number of ether oxygens (including phenoxy) is 1. The molecule has 2 aromatic carbocycles. The molecule has 0 aliphatic rings. The minimum Gasteiger partial charge on any atom is -0.481 e. The Labute approximate surface area is 159 Å². The van der Waals surface area contributed by atoms with Gasteiger partial charge >= 0.3 is 0 Å². The van der Waals surface area contributed by atoms with E-state index < -0.39 is 24.1 Å². The normalized spacial score (nSPS) is 10.2. The number of aromatic nitrogens is 1. The van der Waals surface area contributed by atoms with E-state index in [-0.39, 0.29) is 11.7 Å². The molecule has 8 heteroatoms. The van der Waals surface area contributed by atoms with Crippen molar-refractivity contribution in [2.24, 2.45) is 0 Å². The number of carbonyl (C=O) groups excluding carboxylic acids is 2. The number of hydrogen-bond acceptors (Lipinski definition) is 4. The van der Waals surface area contributed by atoms with Crippen LogP contribution in [0.1, 0.15) is 10.4 Å². The summed E-state index contributed by atoms with van der Waals surface area (Å²) in [5.41, 5.74) is 1.34. The largest absolute Gasteiger partial charge is 0.481 e. The quantitative estimate of drug-likeness (QED) is 0.681. The molecule has 0 radical (unpaired) electrons. The number of carbonyl (C=O) groups is 2. The summed E-state index contributed by atoms with van der Waals surface area (Å²) in [6, 6.07) is 12.5. The Morgan fingerprint density at radius 3 is 2.36 bits per heavy atom. The first-order valence-electron chi connectivity index (χ1n) is 8.20. The van der Waals surface area contributed by atoms with E-state index in [1.807, 2.05) is 0 Å². The number of rotatable bonds is 6. The van der Waals surface area contributed by atoms with Crippen molar-refractivity contribution in [3.8, 4) is 5.75 Å². The lowest BCUT2D eigenvalue weighted by Gasteiger charge is -2.10. The van der Waals surface area contributed by atoms with E-state index in [0.29, 0.717) is 23.0 Å². The SMILES string of the molecule is O=C(COc1ccc(F)cc1F)Nc1cccc(NC(=O)c2ccncc2)c1. The van der Waals surface area contributed by atoms with Gasteiger partial charge in [-0.1, -0.05) is 6.07 Å². The third-order valence-corrected chi connectivity index (χ3v) is 3.60. The first-order chi connectivity index (χ1) is 13.5. The van der Waals surface area contributed by atoms with Crippen LogP contribution in [0, 0.1) is 11.6 Å². The molecule has 0 unspecified atom stereocenters. The minimum atomic E-state index is -0.895. The van der Waals surface area contributed by atoms with E-state index in [2.05, 4.69) is 15.6 Å². The smallest absolute Gasteiger partial charge is 0.262 e. The van der Waals surface area contributed by atoms with Crippen molar-refractivity contribution in [1.82, 2.24) is 4.98 Å². The van der Waals surface area contributed by atoms with Gasteiger partial charge in [0, 0.05) is 35.4 Å². The van der Waals surface area contributed by atoms with Crippen LogP contribution < -0.4 is 15.4 Å². The molecule has 1 aromatic heterocycles. The number of nitrogens with one attached hydrogen (secondary N) is 2. The average molecular weight is 383 g/mol. The Hall–Kier alpha value is -3.81. The highest BCUT2D eigenvalue weighted by Crippen LogP contribution is 2.18. The van der Waals surface area contributed by atoms with E-state index in [9.17, 15) is 18.4 Å². The van der Waals surface area contributed by atoms with Crippen LogP contribution >= 0.6 is 0 Å². The van der Waals surface area contributed by atoms with Crippen LogP contribution in [0.25, 0.3) is 0 Å². The van der Waals surface area contributed by atoms with Crippen LogP contribution in [0.4, 0.5) is 20.2 Å². The number of halogens is 2. The zero-order chi connectivity index (χ0) is 19.9. The molecule has 3 rings (SSSR count). The lowest BCUT2D eigenvalue weighted by molar-refractivity contribution is -0.118. The third kappa shape index (κ3) is 5.10.